The molecule has 0 aromatic heterocycles. The summed E-state index contributed by atoms with van der Waals surface area (Å²) in [6.45, 7) is 4.84. The van der Waals surface area contributed by atoms with Gasteiger partial charge in [-0.25, -0.2) is 0 Å². The van der Waals surface area contributed by atoms with E-state index in [9.17, 15) is 5.26 Å². The van der Waals surface area contributed by atoms with Crippen LogP contribution in [0.2, 0.25) is 0 Å². The number of piperazine rings is 1. The molecular formula is C15H22N4. The van der Waals surface area contributed by atoms with E-state index in [2.05, 4.69) is 29.8 Å². The van der Waals surface area contributed by atoms with Crippen molar-refractivity contribution in [3.8, 4) is 6.07 Å². The van der Waals surface area contributed by atoms with Gasteiger partial charge in [0.05, 0.1) is 11.3 Å². The van der Waals surface area contributed by atoms with Gasteiger partial charge < -0.3 is 10.6 Å². The summed E-state index contributed by atoms with van der Waals surface area (Å²) in [6, 6.07) is 11.0. The largest absolute Gasteiger partial charge is 0.365 e. The molecule has 1 saturated heterocycles. The predicted octanol–water partition coefficient (Wildman–Crippen LogP) is 1.42. The first-order valence-electron chi connectivity index (χ1n) is 6.83. The summed E-state index contributed by atoms with van der Waals surface area (Å²) < 4.78 is 0. The van der Waals surface area contributed by atoms with Gasteiger partial charge in [-0.05, 0) is 39.1 Å². The number of nitrogens with two attached hydrogens (primary N) is 1. The van der Waals surface area contributed by atoms with Crippen molar-refractivity contribution >= 4 is 5.69 Å². The van der Waals surface area contributed by atoms with E-state index in [1.807, 2.05) is 24.3 Å². The average molecular weight is 258 g/mol. The Balaban J connectivity index is 2.31. The minimum atomic E-state index is 0.390. The Labute approximate surface area is 115 Å². The Morgan fingerprint density at radius 3 is 2.79 bits per heavy atom. The highest BCUT2D eigenvalue weighted by atomic mass is 15.3. The molecule has 2 N–H and O–H groups in total. The van der Waals surface area contributed by atoms with Crippen LogP contribution >= 0.6 is 0 Å². The number of nitrogens with zero attached hydrogens (tertiary/aromatic N) is 3. The van der Waals surface area contributed by atoms with E-state index in [1.54, 1.807) is 0 Å². The molecule has 0 aliphatic carbocycles. The lowest BCUT2D eigenvalue weighted by atomic mass is 10.0. The SMILES string of the molecule is CC1CN(c2ccccc2C#N)C(CCN)CN1C. The number of benzene rings is 1. The van der Waals surface area contributed by atoms with Gasteiger partial charge >= 0.3 is 0 Å². The van der Waals surface area contributed by atoms with Crippen LogP contribution in [0.5, 0.6) is 0 Å². The van der Waals surface area contributed by atoms with Gasteiger partial charge in [0.15, 0.2) is 0 Å². The van der Waals surface area contributed by atoms with E-state index in [0.29, 0.717) is 18.6 Å². The highest BCUT2D eigenvalue weighted by Crippen LogP contribution is 2.27. The lowest BCUT2D eigenvalue weighted by Gasteiger charge is -2.45. The van der Waals surface area contributed by atoms with Gasteiger partial charge in [0.1, 0.15) is 6.07 Å². The minimum Gasteiger partial charge on any atom is -0.365 e. The molecule has 1 aliphatic rings. The molecule has 1 heterocycles. The zero-order valence-corrected chi connectivity index (χ0v) is 11.7. The maximum Gasteiger partial charge on any atom is 0.101 e. The van der Waals surface area contributed by atoms with E-state index in [4.69, 9.17) is 5.73 Å². The van der Waals surface area contributed by atoms with Crippen LogP contribution in [0.1, 0.15) is 18.9 Å². The van der Waals surface area contributed by atoms with Crippen molar-refractivity contribution in [3.63, 3.8) is 0 Å². The molecule has 19 heavy (non-hydrogen) atoms. The van der Waals surface area contributed by atoms with E-state index in [1.165, 1.54) is 0 Å². The second kappa shape index (κ2) is 6.05. The van der Waals surface area contributed by atoms with Gasteiger partial charge in [0.25, 0.3) is 0 Å². The monoisotopic (exact) mass is 258 g/mol. The molecule has 0 saturated carbocycles. The molecule has 1 aromatic rings. The molecular weight excluding hydrogens is 236 g/mol. The van der Waals surface area contributed by atoms with Crippen molar-refractivity contribution in [3.05, 3.63) is 29.8 Å². The van der Waals surface area contributed by atoms with Gasteiger partial charge in [-0.3, -0.25) is 4.90 Å². The number of likely N-dealkylation sites (N-methyl/N-ethyl adjacent to an activating group) is 1. The van der Waals surface area contributed by atoms with Crippen molar-refractivity contribution in [1.29, 1.82) is 5.26 Å². The van der Waals surface area contributed by atoms with Gasteiger partial charge in [0, 0.05) is 25.2 Å². The second-order valence-electron chi connectivity index (χ2n) is 5.30. The summed E-state index contributed by atoms with van der Waals surface area (Å²) in [5.74, 6) is 0. The Morgan fingerprint density at radius 2 is 2.11 bits per heavy atom. The lowest BCUT2D eigenvalue weighted by molar-refractivity contribution is 0.196. The first-order valence-corrected chi connectivity index (χ1v) is 6.83. The first kappa shape index (κ1) is 13.9. The molecule has 102 valence electrons. The summed E-state index contributed by atoms with van der Waals surface area (Å²) in [7, 11) is 2.15. The van der Waals surface area contributed by atoms with Crippen molar-refractivity contribution < 1.29 is 0 Å². The van der Waals surface area contributed by atoms with Crippen molar-refractivity contribution in [2.45, 2.75) is 25.4 Å². The molecule has 1 aliphatic heterocycles. The van der Waals surface area contributed by atoms with E-state index >= 15 is 0 Å². The minimum absolute atomic E-state index is 0.390. The van der Waals surface area contributed by atoms with Gasteiger partial charge in [0.2, 0.25) is 0 Å². The van der Waals surface area contributed by atoms with Crippen LogP contribution in [0.15, 0.2) is 24.3 Å². The van der Waals surface area contributed by atoms with Crippen LogP contribution in [-0.2, 0) is 0 Å². The van der Waals surface area contributed by atoms with Gasteiger partial charge in [-0.2, -0.15) is 5.26 Å². The van der Waals surface area contributed by atoms with Gasteiger partial charge in [-0.1, -0.05) is 12.1 Å². The van der Waals surface area contributed by atoms with Crippen LogP contribution in [-0.4, -0.2) is 43.7 Å². The molecule has 4 heteroatoms. The summed E-state index contributed by atoms with van der Waals surface area (Å²) in [6.07, 6.45) is 0.955. The zero-order valence-electron chi connectivity index (χ0n) is 11.7. The number of hydrogen-bond donors (Lipinski definition) is 1. The van der Waals surface area contributed by atoms with Crippen LogP contribution in [0.3, 0.4) is 0 Å². The standard InChI is InChI=1S/C15H22N4/c1-12-10-19(14(7-8-16)11-18(12)2)15-6-4-3-5-13(15)9-17/h3-6,12,14H,7-8,10-11,16H2,1-2H3. The summed E-state index contributed by atoms with van der Waals surface area (Å²) >= 11 is 0. The van der Waals surface area contributed by atoms with Crippen molar-refractivity contribution in [2.75, 3.05) is 31.6 Å². The maximum absolute atomic E-state index is 9.27. The molecule has 2 unspecified atom stereocenters. The molecule has 2 rings (SSSR count). The van der Waals surface area contributed by atoms with E-state index in [0.717, 1.165) is 30.8 Å². The predicted molar refractivity (Wildman–Crippen MR) is 78.1 cm³/mol. The molecule has 0 spiro atoms. The quantitative estimate of drug-likeness (QED) is 0.891. The Kier molecular flexibility index (Phi) is 4.41. The fourth-order valence-corrected chi connectivity index (χ4v) is 2.74. The third-order valence-corrected chi connectivity index (χ3v) is 3.99. The van der Waals surface area contributed by atoms with Crippen molar-refractivity contribution in [1.82, 2.24) is 4.90 Å². The lowest BCUT2D eigenvalue weighted by Crippen LogP contribution is -2.56. The van der Waals surface area contributed by atoms with Crippen LogP contribution < -0.4 is 10.6 Å². The highest BCUT2D eigenvalue weighted by Gasteiger charge is 2.30. The maximum atomic E-state index is 9.27. The second-order valence-corrected chi connectivity index (χ2v) is 5.30. The molecule has 0 bridgehead atoms. The average Bonchev–Trinajstić information content (AvgIpc) is 2.43. The number of anilines is 1. The molecule has 4 nitrogen and oxygen atoms in total. The van der Waals surface area contributed by atoms with E-state index in [-0.39, 0.29) is 0 Å². The smallest absolute Gasteiger partial charge is 0.101 e. The van der Waals surface area contributed by atoms with Crippen LogP contribution in [0.25, 0.3) is 0 Å². The summed E-state index contributed by atoms with van der Waals surface area (Å²) in [5, 5.41) is 9.27. The van der Waals surface area contributed by atoms with Gasteiger partial charge in [-0.15, -0.1) is 0 Å². The third-order valence-electron chi connectivity index (χ3n) is 3.99. The fourth-order valence-electron chi connectivity index (χ4n) is 2.74. The number of rotatable bonds is 3. The fraction of sp³-hybridized carbons (Fsp3) is 0.533. The number of hydrogen-bond acceptors (Lipinski definition) is 4. The zero-order chi connectivity index (χ0) is 13.8. The molecule has 1 aromatic carbocycles. The summed E-state index contributed by atoms with van der Waals surface area (Å²) in [4.78, 5) is 4.72. The molecule has 1 fully saturated rings. The Hall–Kier alpha value is -1.57. The molecule has 0 amide bonds. The highest BCUT2D eigenvalue weighted by molar-refractivity contribution is 5.60. The first-order chi connectivity index (χ1) is 9.17. The van der Waals surface area contributed by atoms with E-state index < -0.39 is 0 Å². The summed E-state index contributed by atoms with van der Waals surface area (Å²) in [5.41, 5.74) is 7.54. The van der Waals surface area contributed by atoms with Crippen LogP contribution in [0, 0.1) is 11.3 Å². The number of nitriles is 1. The van der Waals surface area contributed by atoms with Crippen molar-refractivity contribution in [2.24, 2.45) is 5.73 Å². The molecule has 0 radical (unpaired) electrons. The molecule has 2 atom stereocenters. The third kappa shape index (κ3) is 2.89. The Morgan fingerprint density at radius 1 is 1.37 bits per heavy atom. The number of para-hydroxylation sites is 1. The van der Waals surface area contributed by atoms with Crippen LogP contribution in [0.4, 0.5) is 5.69 Å². The topological polar surface area (TPSA) is 56.3 Å². The normalized spacial score (nSPS) is 24.2. The Bertz CT molecular complexity index is 465.